The fourth-order valence-electron chi connectivity index (χ4n) is 3.87. The summed E-state index contributed by atoms with van der Waals surface area (Å²) in [6.07, 6.45) is 3.06. The highest BCUT2D eigenvalue weighted by atomic mass is 35.5. The summed E-state index contributed by atoms with van der Waals surface area (Å²) in [5.74, 6) is -0.0895. The van der Waals surface area contributed by atoms with E-state index >= 15 is 0 Å². The van der Waals surface area contributed by atoms with Crippen LogP contribution in [-0.4, -0.2) is 29.3 Å². The third-order valence-electron chi connectivity index (χ3n) is 5.52. The van der Waals surface area contributed by atoms with E-state index in [-0.39, 0.29) is 16.5 Å². The van der Waals surface area contributed by atoms with E-state index in [1.807, 2.05) is 0 Å². The molecule has 10 heteroatoms. The Bertz CT molecular complexity index is 1660. The van der Waals surface area contributed by atoms with Gasteiger partial charge in [0.25, 0.3) is 0 Å². The van der Waals surface area contributed by atoms with Crippen LogP contribution in [0.3, 0.4) is 0 Å². The van der Waals surface area contributed by atoms with Crippen molar-refractivity contribution in [2.75, 3.05) is 7.11 Å². The summed E-state index contributed by atoms with van der Waals surface area (Å²) in [4.78, 5) is 4.71. The molecule has 0 aliphatic carbocycles. The zero-order valence-electron chi connectivity index (χ0n) is 18.3. The van der Waals surface area contributed by atoms with Gasteiger partial charge < -0.3 is 4.74 Å². The van der Waals surface area contributed by atoms with Crippen molar-refractivity contribution in [2.45, 2.75) is 10.6 Å². The highest BCUT2D eigenvalue weighted by molar-refractivity contribution is 7.90. The quantitative estimate of drug-likeness (QED) is 0.263. The summed E-state index contributed by atoms with van der Waals surface area (Å²) in [6, 6.07) is 16.3. The van der Waals surface area contributed by atoms with Crippen molar-refractivity contribution in [1.29, 1.82) is 0 Å². The molecule has 0 aliphatic heterocycles. The van der Waals surface area contributed by atoms with E-state index in [0.29, 0.717) is 44.2 Å². The Balaban J connectivity index is 1.60. The Morgan fingerprint density at radius 3 is 2.66 bits per heavy atom. The number of halogens is 2. The normalized spacial score (nSPS) is 11.6. The van der Waals surface area contributed by atoms with Crippen LogP contribution in [0.2, 0.25) is 5.02 Å². The summed E-state index contributed by atoms with van der Waals surface area (Å²) in [5, 5.41) is 1.83. The second-order valence-electron chi connectivity index (χ2n) is 7.74. The van der Waals surface area contributed by atoms with Gasteiger partial charge in [-0.25, -0.2) is 12.8 Å². The Kier molecular flexibility index (Phi) is 6.22. The molecule has 0 fully saturated rings. The highest BCUT2D eigenvalue weighted by Gasteiger charge is 2.20. The van der Waals surface area contributed by atoms with Gasteiger partial charge >= 0.3 is 0 Å². The zero-order chi connectivity index (χ0) is 24.6. The van der Waals surface area contributed by atoms with Crippen LogP contribution in [0.4, 0.5) is 4.39 Å². The minimum atomic E-state index is -3.60. The van der Waals surface area contributed by atoms with Crippen LogP contribution in [-0.2, 0) is 15.6 Å². The molecule has 5 rings (SSSR count). The predicted molar refractivity (Wildman–Crippen MR) is 135 cm³/mol. The smallest absolute Gasteiger partial charge is 0.184 e. The molecule has 176 valence electrons. The topological polar surface area (TPSA) is 82.0 Å². The fourth-order valence-corrected chi connectivity index (χ4v) is 5.94. The average Bonchev–Trinajstić information content (AvgIpc) is 3.35. The molecule has 2 heterocycles. The molecule has 5 aromatic rings. The molecule has 0 bridgehead atoms. The Hall–Kier alpha value is -3.40. The number of hydrogen-bond donors (Lipinski definition) is 0. The molecule has 0 unspecified atom stereocenters. The molecule has 0 radical (unpaired) electrons. The maximum Gasteiger partial charge on any atom is 0.184 e. The molecule has 3 aromatic carbocycles. The first-order valence-electron chi connectivity index (χ1n) is 10.4. The summed E-state index contributed by atoms with van der Waals surface area (Å²) in [5.41, 5.74) is 2.86. The van der Waals surface area contributed by atoms with Crippen LogP contribution in [0.1, 0.15) is 5.69 Å². The van der Waals surface area contributed by atoms with Crippen LogP contribution in [0, 0.1) is 5.82 Å². The van der Waals surface area contributed by atoms with Gasteiger partial charge in [-0.3, -0.25) is 4.98 Å². The van der Waals surface area contributed by atoms with Crippen molar-refractivity contribution in [2.24, 2.45) is 0 Å². The monoisotopic (exact) mass is 525 g/mol. The van der Waals surface area contributed by atoms with E-state index in [1.165, 1.54) is 25.4 Å². The van der Waals surface area contributed by atoms with Gasteiger partial charge in [-0.05, 0) is 53.4 Å². The molecule has 6 nitrogen and oxygen atoms in total. The van der Waals surface area contributed by atoms with Gasteiger partial charge in [-0.2, -0.15) is 8.75 Å². The van der Waals surface area contributed by atoms with Crippen molar-refractivity contribution in [3.63, 3.8) is 0 Å². The lowest BCUT2D eigenvalue weighted by atomic mass is 9.98. The fraction of sp³-hybridized carbons (Fsp3) is 0.0800. The predicted octanol–water partition coefficient (Wildman–Crippen LogP) is 6.20. The Morgan fingerprint density at radius 1 is 1.06 bits per heavy atom. The summed E-state index contributed by atoms with van der Waals surface area (Å²) < 4.78 is 53.1. The molecule has 0 aliphatic rings. The molecule has 0 amide bonds. The first-order chi connectivity index (χ1) is 16.9. The third kappa shape index (κ3) is 4.62. The van der Waals surface area contributed by atoms with Gasteiger partial charge in [-0.1, -0.05) is 29.8 Å². The standard InChI is InChI=1S/C25H17ClFN3O3S2/c1-33-24-12-21(15-3-2-4-17(27)9-15)23(26)11-22(24)25-20-6-5-19(10-16(20)7-8-28-25)35(31,32)14-18-13-29-34-30-18/h2-13H,14H2,1H3. The summed E-state index contributed by atoms with van der Waals surface area (Å²) in [7, 11) is -2.07. The van der Waals surface area contributed by atoms with Crippen LogP contribution in [0.15, 0.2) is 78.0 Å². The van der Waals surface area contributed by atoms with E-state index in [2.05, 4.69) is 13.7 Å². The van der Waals surface area contributed by atoms with Gasteiger partial charge in [0, 0.05) is 27.7 Å². The van der Waals surface area contributed by atoms with E-state index in [9.17, 15) is 12.8 Å². The van der Waals surface area contributed by atoms with E-state index < -0.39 is 9.84 Å². The third-order valence-corrected chi connectivity index (χ3v) is 8.00. The van der Waals surface area contributed by atoms with Crippen LogP contribution >= 0.6 is 23.3 Å². The van der Waals surface area contributed by atoms with Crippen LogP contribution < -0.4 is 4.74 Å². The number of nitrogens with zero attached hydrogens (tertiary/aromatic N) is 3. The lowest BCUT2D eigenvalue weighted by molar-refractivity contribution is 0.416. The number of pyridine rings is 1. The lowest BCUT2D eigenvalue weighted by Gasteiger charge is -2.15. The minimum absolute atomic E-state index is 0.182. The van der Waals surface area contributed by atoms with E-state index in [0.717, 1.165) is 17.1 Å². The number of hydrogen-bond acceptors (Lipinski definition) is 7. The number of aromatic nitrogens is 3. The molecule has 0 saturated carbocycles. The summed E-state index contributed by atoms with van der Waals surface area (Å²) in [6.45, 7) is 0. The molecular weight excluding hydrogens is 509 g/mol. The lowest BCUT2D eigenvalue weighted by Crippen LogP contribution is -2.05. The van der Waals surface area contributed by atoms with Crippen molar-refractivity contribution in [3.8, 4) is 28.1 Å². The Labute approximate surface area is 210 Å². The first kappa shape index (κ1) is 23.3. The largest absolute Gasteiger partial charge is 0.496 e. The van der Waals surface area contributed by atoms with Gasteiger partial charge in [-0.15, -0.1) is 0 Å². The number of benzene rings is 3. The maximum absolute atomic E-state index is 13.8. The molecule has 0 saturated heterocycles. The van der Waals surface area contributed by atoms with Gasteiger partial charge in [0.2, 0.25) is 0 Å². The summed E-state index contributed by atoms with van der Waals surface area (Å²) >= 11 is 7.57. The Morgan fingerprint density at radius 2 is 1.91 bits per heavy atom. The number of fused-ring (bicyclic) bond motifs is 1. The zero-order valence-corrected chi connectivity index (χ0v) is 20.7. The average molecular weight is 526 g/mol. The number of methoxy groups -OCH3 is 1. The molecule has 2 aromatic heterocycles. The molecule has 0 N–H and O–H groups in total. The number of rotatable bonds is 6. The minimum Gasteiger partial charge on any atom is -0.496 e. The SMILES string of the molecule is COc1cc(-c2cccc(F)c2)c(Cl)cc1-c1nccc2cc(S(=O)(=O)Cc3cnsn3)ccc12. The van der Waals surface area contributed by atoms with Crippen molar-refractivity contribution in [3.05, 3.63) is 89.6 Å². The van der Waals surface area contributed by atoms with Crippen molar-refractivity contribution >= 4 is 43.9 Å². The molecular formula is C25H17ClFN3O3S2. The van der Waals surface area contributed by atoms with E-state index in [4.69, 9.17) is 16.3 Å². The maximum atomic E-state index is 13.8. The first-order valence-corrected chi connectivity index (χ1v) is 13.1. The van der Waals surface area contributed by atoms with Crippen molar-refractivity contribution < 1.29 is 17.5 Å². The van der Waals surface area contributed by atoms with Gasteiger partial charge in [0.05, 0.1) is 47.1 Å². The van der Waals surface area contributed by atoms with E-state index in [1.54, 1.807) is 54.7 Å². The second kappa shape index (κ2) is 9.33. The van der Waals surface area contributed by atoms with Crippen LogP contribution in [0.25, 0.3) is 33.2 Å². The second-order valence-corrected chi connectivity index (χ2v) is 10.7. The van der Waals surface area contributed by atoms with Gasteiger partial charge in [0.15, 0.2) is 9.84 Å². The highest BCUT2D eigenvalue weighted by Crippen LogP contribution is 2.41. The molecule has 0 spiro atoms. The number of sulfone groups is 1. The molecule has 0 atom stereocenters. The number of ether oxygens (including phenoxy) is 1. The van der Waals surface area contributed by atoms with Crippen molar-refractivity contribution in [1.82, 2.24) is 13.7 Å². The molecule has 35 heavy (non-hydrogen) atoms. The van der Waals surface area contributed by atoms with Gasteiger partial charge in [0.1, 0.15) is 11.6 Å². The van der Waals surface area contributed by atoms with Crippen LogP contribution in [0.5, 0.6) is 5.75 Å².